The van der Waals surface area contributed by atoms with Crippen molar-refractivity contribution in [1.82, 2.24) is 20.6 Å². The predicted molar refractivity (Wildman–Crippen MR) is 67.9 cm³/mol. The molecule has 0 saturated carbocycles. The number of hydrogen-bond donors (Lipinski definition) is 2. The molecule has 1 heterocycles. The van der Waals surface area contributed by atoms with Crippen molar-refractivity contribution in [1.29, 1.82) is 0 Å². The van der Waals surface area contributed by atoms with Crippen LogP contribution in [0.3, 0.4) is 0 Å². The van der Waals surface area contributed by atoms with Gasteiger partial charge in [0.05, 0.1) is 16.3 Å². The predicted octanol–water partition coefficient (Wildman–Crippen LogP) is 1.88. The van der Waals surface area contributed by atoms with E-state index in [1.807, 2.05) is 0 Å². The number of amides is 1. The summed E-state index contributed by atoms with van der Waals surface area (Å²) < 4.78 is 0. The molecular formula is C10H7Cl2N5O. The molecule has 0 saturated heterocycles. The van der Waals surface area contributed by atoms with Crippen LogP contribution in [0.25, 0.3) is 0 Å². The molecule has 2 N–H and O–H groups in total. The van der Waals surface area contributed by atoms with Gasteiger partial charge in [-0.25, -0.2) is 10.4 Å². The molecule has 2 aromatic rings. The van der Waals surface area contributed by atoms with Gasteiger partial charge in [0.15, 0.2) is 0 Å². The standard InChI is InChI=1S/C10H7Cl2N5O/c11-7-2-1-3-8(12)6(7)4-14-17-10(18)9-13-5-15-16-9/h1-5H,(H,17,18)(H,13,15,16). The first-order valence-corrected chi connectivity index (χ1v) is 5.57. The lowest BCUT2D eigenvalue weighted by molar-refractivity contribution is 0.0945. The molecule has 0 radical (unpaired) electrons. The Labute approximate surface area is 112 Å². The Kier molecular flexibility index (Phi) is 3.91. The number of nitrogens with zero attached hydrogens (tertiary/aromatic N) is 3. The molecule has 0 atom stereocenters. The average Bonchev–Trinajstić information content (AvgIpc) is 2.86. The highest BCUT2D eigenvalue weighted by atomic mass is 35.5. The molecule has 1 amide bonds. The quantitative estimate of drug-likeness (QED) is 0.666. The molecule has 0 aliphatic carbocycles. The fraction of sp³-hybridized carbons (Fsp3) is 0. The second-order valence-corrected chi connectivity index (χ2v) is 3.98. The van der Waals surface area contributed by atoms with Crippen LogP contribution < -0.4 is 5.43 Å². The molecule has 0 aliphatic heterocycles. The highest BCUT2D eigenvalue weighted by Gasteiger charge is 2.07. The summed E-state index contributed by atoms with van der Waals surface area (Å²) in [4.78, 5) is 15.1. The second kappa shape index (κ2) is 5.61. The van der Waals surface area contributed by atoms with Gasteiger partial charge in [-0.2, -0.15) is 10.2 Å². The van der Waals surface area contributed by atoms with E-state index in [0.717, 1.165) is 0 Å². The number of benzene rings is 1. The van der Waals surface area contributed by atoms with E-state index in [2.05, 4.69) is 25.7 Å². The van der Waals surface area contributed by atoms with Crippen molar-refractivity contribution in [2.24, 2.45) is 5.10 Å². The maximum Gasteiger partial charge on any atom is 0.308 e. The monoisotopic (exact) mass is 283 g/mol. The summed E-state index contributed by atoms with van der Waals surface area (Å²) in [5, 5.41) is 10.6. The highest BCUT2D eigenvalue weighted by molar-refractivity contribution is 6.38. The summed E-state index contributed by atoms with van der Waals surface area (Å²) in [6.07, 6.45) is 2.59. The van der Waals surface area contributed by atoms with Crippen LogP contribution in [0.2, 0.25) is 10.0 Å². The third-order valence-corrected chi connectivity index (χ3v) is 2.65. The lowest BCUT2D eigenvalue weighted by Gasteiger charge is -2.00. The van der Waals surface area contributed by atoms with E-state index >= 15 is 0 Å². The summed E-state index contributed by atoms with van der Waals surface area (Å²) >= 11 is 11.9. The van der Waals surface area contributed by atoms with Crippen molar-refractivity contribution < 1.29 is 4.79 Å². The summed E-state index contributed by atoms with van der Waals surface area (Å²) in [5.41, 5.74) is 2.79. The molecule has 0 aliphatic rings. The Hall–Kier alpha value is -1.92. The van der Waals surface area contributed by atoms with Crippen LogP contribution in [0.1, 0.15) is 16.2 Å². The Morgan fingerprint density at radius 3 is 2.72 bits per heavy atom. The molecule has 0 bridgehead atoms. The summed E-state index contributed by atoms with van der Waals surface area (Å²) in [6.45, 7) is 0. The largest absolute Gasteiger partial charge is 0.308 e. The number of nitrogens with one attached hydrogen (secondary N) is 2. The third-order valence-electron chi connectivity index (χ3n) is 1.99. The summed E-state index contributed by atoms with van der Waals surface area (Å²) in [6, 6.07) is 5.06. The van der Waals surface area contributed by atoms with Crippen LogP contribution >= 0.6 is 23.2 Å². The second-order valence-electron chi connectivity index (χ2n) is 3.17. The number of halogens is 2. The third kappa shape index (κ3) is 2.85. The van der Waals surface area contributed by atoms with E-state index < -0.39 is 5.91 Å². The molecule has 2 rings (SSSR count). The topological polar surface area (TPSA) is 83.0 Å². The van der Waals surface area contributed by atoms with Gasteiger partial charge in [0.1, 0.15) is 6.33 Å². The first-order chi connectivity index (χ1) is 8.68. The van der Waals surface area contributed by atoms with E-state index in [-0.39, 0.29) is 5.82 Å². The van der Waals surface area contributed by atoms with E-state index in [1.165, 1.54) is 12.5 Å². The number of carbonyl (C=O) groups is 1. The number of rotatable bonds is 3. The molecule has 1 aromatic heterocycles. The molecule has 6 nitrogen and oxygen atoms in total. The fourth-order valence-corrected chi connectivity index (χ4v) is 1.65. The van der Waals surface area contributed by atoms with Crippen LogP contribution in [0.15, 0.2) is 29.6 Å². The Bertz CT molecular complexity index is 562. The van der Waals surface area contributed by atoms with Gasteiger partial charge < -0.3 is 0 Å². The van der Waals surface area contributed by atoms with E-state index in [9.17, 15) is 4.79 Å². The van der Waals surface area contributed by atoms with E-state index in [1.54, 1.807) is 18.2 Å². The van der Waals surface area contributed by atoms with Crippen molar-refractivity contribution in [3.63, 3.8) is 0 Å². The fourth-order valence-electron chi connectivity index (χ4n) is 1.16. The van der Waals surface area contributed by atoms with Crippen molar-refractivity contribution in [2.75, 3.05) is 0 Å². The number of hydrogen-bond acceptors (Lipinski definition) is 4. The minimum absolute atomic E-state index is 0.0670. The Morgan fingerprint density at radius 2 is 2.11 bits per heavy atom. The molecule has 0 unspecified atom stereocenters. The zero-order valence-corrected chi connectivity index (χ0v) is 10.4. The van der Waals surface area contributed by atoms with Gasteiger partial charge in [-0.3, -0.25) is 9.89 Å². The maximum absolute atomic E-state index is 11.4. The van der Waals surface area contributed by atoms with Crippen LogP contribution in [-0.2, 0) is 0 Å². The highest BCUT2D eigenvalue weighted by Crippen LogP contribution is 2.21. The summed E-state index contributed by atoms with van der Waals surface area (Å²) in [7, 11) is 0. The number of aromatic amines is 1. The van der Waals surface area contributed by atoms with Gasteiger partial charge in [0.2, 0.25) is 5.82 Å². The number of carbonyl (C=O) groups excluding carboxylic acids is 1. The Balaban J connectivity index is 2.06. The molecule has 0 fully saturated rings. The van der Waals surface area contributed by atoms with Crippen molar-refractivity contribution in [3.05, 3.63) is 46.0 Å². The smallest absolute Gasteiger partial charge is 0.264 e. The normalized spacial score (nSPS) is 10.8. The van der Waals surface area contributed by atoms with Gasteiger partial charge in [0.25, 0.3) is 0 Å². The Morgan fingerprint density at radius 1 is 1.39 bits per heavy atom. The summed E-state index contributed by atoms with van der Waals surface area (Å²) in [5.74, 6) is -0.440. The van der Waals surface area contributed by atoms with Crippen LogP contribution in [-0.4, -0.2) is 27.3 Å². The molecule has 8 heteroatoms. The van der Waals surface area contributed by atoms with Crippen molar-refractivity contribution in [2.45, 2.75) is 0 Å². The average molecular weight is 284 g/mol. The van der Waals surface area contributed by atoms with Gasteiger partial charge in [0, 0.05) is 5.56 Å². The number of aromatic nitrogens is 3. The molecule has 18 heavy (non-hydrogen) atoms. The van der Waals surface area contributed by atoms with Gasteiger partial charge >= 0.3 is 5.91 Å². The first-order valence-electron chi connectivity index (χ1n) is 4.81. The van der Waals surface area contributed by atoms with Crippen LogP contribution in [0, 0.1) is 0 Å². The van der Waals surface area contributed by atoms with Crippen molar-refractivity contribution in [3.8, 4) is 0 Å². The zero-order chi connectivity index (χ0) is 13.0. The maximum atomic E-state index is 11.4. The SMILES string of the molecule is O=C(NN=Cc1c(Cl)cccc1Cl)c1ncn[nH]1. The lowest BCUT2D eigenvalue weighted by atomic mass is 10.2. The zero-order valence-electron chi connectivity index (χ0n) is 8.89. The van der Waals surface area contributed by atoms with Gasteiger partial charge in [-0.05, 0) is 12.1 Å². The van der Waals surface area contributed by atoms with Gasteiger partial charge in [-0.15, -0.1) is 0 Å². The first kappa shape index (κ1) is 12.5. The number of hydrazone groups is 1. The minimum atomic E-state index is -0.507. The van der Waals surface area contributed by atoms with E-state index in [4.69, 9.17) is 23.2 Å². The number of H-pyrrole nitrogens is 1. The molecule has 92 valence electrons. The molecule has 1 aromatic carbocycles. The van der Waals surface area contributed by atoms with Gasteiger partial charge in [-0.1, -0.05) is 29.3 Å². The van der Waals surface area contributed by atoms with Crippen LogP contribution in [0.4, 0.5) is 0 Å². The van der Waals surface area contributed by atoms with E-state index in [0.29, 0.717) is 15.6 Å². The van der Waals surface area contributed by atoms with Crippen molar-refractivity contribution >= 4 is 35.3 Å². The molecular weight excluding hydrogens is 277 g/mol. The van der Waals surface area contributed by atoms with Crippen LogP contribution in [0.5, 0.6) is 0 Å². The minimum Gasteiger partial charge on any atom is -0.264 e. The lowest BCUT2D eigenvalue weighted by Crippen LogP contribution is -2.19. The molecule has 0 spiro atoms.